The van der Waals surface area contributed by atoms with Gasteiger partial charge in [-0.15, -0.1) is 10.2 Å². The largest absolute Gasteiger partial charge is 0.268 e. The first-order chi connectivity index (χ1) is 7.63. The smallest absolute Gasteiger partial charge is 0.229 e. The molecule has 84 valence electrons. The molecule has 0 saturated heterocycles. The summed E-state index contributed by atoms with van der Waals surface area (Å²) in [4.78, 5) is 0. The van der Waals surface area contributed by atoms with E-state index >= 15 is 0 Å². The predicted molar refractivity (Wildman–Crippen MR) is 68.5 cm³/mol. The van der Waals surface area contributed by atoms with Crippen molar-refractivity contribution in [3.05, 3.63) is 38.8 Å². The van der Waals surface area contributed by atoms with Gasteiger partial charge in [-0.2, -0.15) is 0 Å². The summed E-state index contributed by atoms with van der Waals surface area (Å²) >= 11 is 15.5. The number of rotatable bonds is 2. The van der Waals surface area contributed by atoms with Crippen LogP contribution in [0.3, 0.4) is 0 Å². The minimum atomic E-state index is 0.317. The molecule has 1 aromatic carbocycles. The first-order valence-corrected chi connectivity index (χ1v) is 6.23. The van der Waals surface area contributed by atoms with E-state index in [0.717, 1.165) is 22.4 Å². The Morgan fingerprint density at radius 2 is 2.06 bits per heavy atom. The van der Waals surface area contributed by atoms with E-state index in [2.05, 4.69) is 26.1 Å². The minimum Gasteiger partial charge on any atom is -0.268 e. The molecule has 0 N–H and O–H groups in total. The third-order valence-electron chi connectivity index (χ3n) is 2.16. The number of benzene rings is 1. The monoisotopic (exact) mass is 319 g/mol. The van der Waals surface area contributed by atoms with E-state index in [4.69, 9.17) is 23.2 Å². The Morgan fingerprint density at radius 1 is 1.31 bits per heavy atom. The number of hydrogen-bond acceptors (Lipinski definition) is 2. The van der Waals surface area contributed by atoms with Crippen LogP contribution in [0.15, 0.2) is 22.7 Å². The number of hydrogen-bond donors (Lipinski definition) is 0. The summed E-state index contributed by atoms with van der Waals surface area (Å²) in [5.74, 6) is 0.782. The maximum atomic E-state index is 6.13. The highest BCUT2D eigenvalue weighted by molar-refractivity contribution is 9.10. The fourth-order valence-electron chi connectivity index (χ4n) is 1.42. The summed E-state index contributed by atoms with van der Waals surface area (Å²) in [6.07, 6.45) is 0.739. The van der Waals surface area contributed by atoms with Crippen LogP contribution in [0.5, 0.6) is 0 Å². The number of nitrogens with zero attached hydrogens (tertiary/aromatic N) is 3. The quantitative estimate of drug-likeness (QED) is 0.840. The van der Waals surface area contributed by atoms with Gasteiger partial charge in [0.1, 0.15) is 5.82 Å². The highest BCUT2D eigenvalue weighted by Gasteiger charge is 2.13. The van der Waals surface area contributed by atoms with Crippen molar-refractivity contribution in [3.63, 3.8) is 0 Å². The Labute approximate surface area is 112 Å². The van der Waals surface area contributed by atoms with Crippen LogP contribution in [0.4, 0.5) is 0 Å². The average molecular weight is 321 g/mol. The zero-order valence-corrected chi connectivity index (χ0v) is 11.5. The molecule has 0 amide bonds. The van der Waals surface area contributed by atoms with Crippen molar-refractivity contribution in [1.29, 1.82) is 0 Å². The lowest BCUT2D eigenvalue weighted by Crippen LogP contribution is -2.01. The second kappa shape index (κ2) is 4.73. The third-order valence-corrected chi connectivity index (χ3v) is 3.21. The van der Waals surface area contributed by atoms with Crippen molar-refractivity contribution in [2.75, 3.05) is 0 Å². The second-order valence-electron chi connectivity index (χ2n) is 3.17. The summed E-state index contributed by atoms with van der Waals surface area (Å²) in [7, 11) is 0. The predicted octanol–water partition coefficient (Wildman–Crippen LogP) is 3.90. The standard InChI is InChI=1S/C10H8BrCl2N3/c1-2-9-14-15-10(13)16(9)8-5-6(11)3-4-7(8)12/h3-5H,2H2,1H3. The van der Waals surface area contributed by atoms with E-state index in [1.165, 1.54) is 0 Å². The Hall–Kier alpha value is -0.580. The fourth-order valence-corrected chi connectivity index (χ4v) is 2.20. The molecule has 0 aliphatic heterocycles. The van der Waals surface area contributed by atoms with Gasteiger partial charge in [0.15, 0.2) is 0 Å². The fraction of sp³-hybridized carbons (Fsp3) is 0.200. The lowest BCUT2D eigenvalue weighted by atomic mass is 10.3. The van der Waals surface area contributed by atoms with Crippen LogP contribution < -0.4 is 0 Å². The molecule has 0 spiro atoms. The van der Waals surface area contributed by atoms with Crippen LogP contribution >= 0.6 is 39.1 Å². The van der Waals surface area contributed by atoms with Gasteiger partial charge in [-0.1, -0.05) is 34.5 Å². The summed E-state index contributed by atoms with van der Waals surface area (Å²) in [6.45, 7) is 1.99. The Morgan fingerprint density at radius 3 is 2.75 bits per heavy atom. The van der Waals surface area contributed by atoms with E-state index in [1.54, 1.807) is 10.6 Å². The molecule has 16 heavy (non-hydrogen) atoms. The topological polar surface area (TPSA) is 30.7 Å². The summed E-state index contributed by atoms with van der Waals surface area (Å²) in [5, 5.41) is 8.75. The molecule has 1 heterocycles. The molecular formula is C10H8BrCl2N3. The molecule has 0 aliphatic carbocycles. The van der Waals surface area contributed by atoms with Crippen LogP contribution in [-0.4, -0.2) is 14.8 Å². The highest BCUT2D eigenvalue weighted by Crippen LogP contribution is 2.27. The maximum Gasteiger partial charge on any atom is 0.229 e. The van der Waals surface area contributed by atoms with Gasteiger partial charge >= 0.3 is 0 Å². The summed E-state index contributed by atoms with van der Waals surface area (Å²) in [5.41, 5.74) is 0.780. The molecule has 0 radical (unpaired) electrons. The zero-order valence-electron chi connectivity index (χ0n) is 8.41. The van der Waals surface area contributed by atoms with Crippen molar-refractivity contribution >= 4 is 39.1 Å². The molecule has 2 rings (SSSR count). The SMILES string of the molecule is CCc1nnc(Cl)n1-c1cc(Br)ccc1Cl. The van der Waals surface area contributed by atoms with Gasteiger partial charge in [-0.25, -0.2) is 0 Å². The van der Waals surface area contributed by atoms with E-state index < -0.39 is 0 Å². The molecule has 0 atom stereocenters. The highest BCUT2D eigenvalue weighted by atomic mass is 79.9. The van der Waals surface area contributed by atoms with Gasteiger partial charge in [0.25, 0.3) is 0 Å². The van der Waals surface area contributed by atoms with Crippen LogP contribution in [0, 0.1) is 0 Å². The minimum absolute atomic E-state index is 0.317. The Balaban J connectivity index is 2.66. The van der Waals surface area contributed by atoms with Crippen LogP contribution in [0.25, 0.3) is 5.69 Å². The number of halogens is 3. The molecule has 6 heteroatoms. The summed E-state index contributed by atoms with van der Waals surface area (Å²) < 4.78 is 2.67. The van der Waals surface area contributed by atoms with Crippen molar-refractivity contribution < 1.29 is 0 Å². The van der Waals surface area contributed by atoms with Crippen LogP contribution in [0.1, 0.15) is 12.7 Å². The van der Waals surface area contributed by atoms with Gasteiger partial charge in [0.2, 0.25) is 5.28 Å². The van der Waals surface area contributed by atoms with Gasteiger partial charge in [0.05, 0.1) is 10.7 Å². The van der Waals surface area contributed by atoms with E-state index in [9.17, 15) is 0 Å². The van der Waals surface area contributed by atoms with E-state index in [0.29, 0.717) is 10.3 Å². The number of aromatic nitrogens is 3. The van der Waals surface area contributed by atoms with Crippen LogP contribution in [-0.2, 0) is 6.42 Å². The molecule has 3 nitrogen and oxygen atoms in total. The third kappa shape index (κ3) is 2.10. The lowest BCUT2D eigenvalue weighted by Gasteiger charge is -2.09. The average Bonchev–Trinajstić information content (AvgIpc) is 2.63. The second-order valence-corrected chi connectivity index (χ2v) is 4.83. The van der Waals surface area contributed by atoms with Gasteiger partial charge in [-0.3, -0.25) is 4.57 Å². The zero-order chi connectivity index (χ0) is 11.7. The first-order valence-electron chi connectivity index (χ1n) is 4.68. The Bertz CT molecular complexity index is 525. The molecular weight excluding hydrogens is 313 g/mol. The van der Waals surface area contributed by atoms with Gasteiger partial charge < -0.3 is 0 Å². The molecule has 2 aromatic rings. The molecule has 0 aliphatic rings. The van der Waals surface area contributed by atoms with E-state index in [1.807, 2.05) is 19.1 Å². The lowest BCUT2D eigenvalue weighted by molar-refractivity contribution is 0.883. The molecule has 0 fully saturated rings. The van der Waals surface area contributed by atoms with Crippen molar-refractivity contribution in [2.24, 2.45) is 0 Å². The van der Waals surface area contributed by atoms with Gasteiger partial charge in [-0.05, 0) is 29.8 Å². The van der Waals surface area contributed by atoms with Crippen molar-refractivity contribution in [2.45, 2.75) is 13.3 Å². The Kier molecular flexibility index (Phi) is 3.52. The van der Waals surface area contributed by atoms with Crippen molar-refractivity contribution in [3.8, 4) is 5.69 Å². The summed E-state index contributed by atoms with van der Waals surface area (Å²) in [6, 6.07) is 5.56. The molecule has 0 bridgehead atoms. The molecule has 0 saturated carbocycles. The van der Waals surface area contributed by atoms with Crippen molar-refractivity contribution in [1.82, 2.24) is 14.8 Å². The van der Waals surface area contributed by atoms with Gasteiger partial charge in [0, 0.05) is 10.9 Å². The number of aryl methyl sites for hydroxylation is 1. The normalized spacial score (nSPS) is 10.8. The van der Waals surface area contributed by atoms with Crippen LogP contribution in [0.2, 0.25) is 10.3 Å². The molecule has 0 unspecified atom stereocenters. The van der Waals surface area contributed by atoms with E-state index in [-0.39, 0.29) is 0 Å². The maximum absolute atomic E-state index is 6.13. The molecule has 1 aromatic heterocycles. The first kappa shape index (κ1) is 11.9.